The summed E-state index contributed by atoms with van der Waals surface area (Å²) in [5.41, 5.74) is 0. The van der Waals surface area contributed by atoms with Crippen molar-refractivity contribution in [3.63, 3.8) is 0 Å². The number of hydrogen-bond donors (Lipinski definition) is 1. The summed E-state index contributed by atoms with van der Waals surface area (Å²) < 4.78 is 1.28. The van der Waals surface area contributed by atoms with Crippen LogP contribution in [0.5, 0.6) is 0 Å². The van der Waals surface area contributed by atoms with E-state index in [9.17, 15) is 0 Å². The third-order valence-electron chi connectivity index (χ3n) is 0.437. The van der Waals surface area contributed by atoms with E-state index in [4.69, 9.17) is 5.84 Å². The third kappa shape index (κ3) is 0.314. The minimum absolute atomic E-state index is 1.28. The first-order chi connectivity index (χ1) is 2.89. The lowest BCUT2D eigenvalue weighted by molar-refractivity contribution is 0.997. The van der Waals surface area contributed by atoms with Gasteiger partial charge < -0.3 is 5.84 Å². The van der Waals surface area contributed by atoms with E-state index in [1.165, 1.54) is 17.3 Å². The van der Waals surface area contributed by atoms with Crippen molar-refractivity contribution in [1.82, 2.24) is 14.9 Å². The molecule has 32 valence electrons. The second kappa shape index (κ2) is 0.965. The first-order valence-corrected chi connectivity index (χ1v) is 1.49. The van der Waals surface area contributed by atoms with Gasteiger partial charge in [-0.15, -0.1) is 10.2 Å². The first kappa shape index (κ1) is 3.14. The van der Waals surface area contributed by atoms with Gasteiger partial charge in [-0.25, -0.2) is 4.68 Å². The molecule has 0 aliphatic carbocycles. The molecule has 1 heterocycles. The molecule has 1 rings (SSSR count). The van der Waals surface area contributed by atoms with Crippen LogP contribution in [0, 0.1) is 0 Å². The zero-order valence-electron chi connectivity index (χ0n) is 3.07. The molecule has 4 heteroatoms. The predicted octanol–water partition coefficient (Wildman–Crippen LogP) is -1.01. The van der Waals surface area contributed by atoms with Crippen molar-refractivity contribution < 1.29 is 0 Å². The van der Waals surface area contributed by atoms with Crippen LogP contribution >= 0.6 is 0 Å². The maximum absolute atomic E-state index is 5.07. The normalized spacial score (nSPS) is 8.67. The monoisotopic (exact) mass is 88.0 g/mol. The summed E-state index contributed by atoms with van der Waals surface area (Å²) in [5.74, 6) is 5.07. The Hall–Kier alpha value is -1.06. The van der Waals surface area contributed by atoms with E-state index in [0.29, 0.717) is 0 Å². The van der Waals surface area contributed by atoms with E-state index in [-0.39, 0.29) is 0 Å². The topological polar surface area (TPSA) is 56.7 Å². The fraction of sp³-hybridized carbons (Fsp3) is 0. The van der Waals surface area contributed by atoms with Crippen LogP contribution in [0.1, 0.15) is 0 Å². The lowest BCUT2D eigenvalue weighted by Gasteiger charge is -1.76. The maximum atomic E-state index is 5.07. The number of nitrogens with two attached hydrogens (primary N) is 1. The summed E-state index contributed by atoms with van der Waals surface area (Å²) in [4.78, 5) is 0. The van der Waals surface area contributed by atoms with E-state index < -0.39 is 0 Å². The van der Waals surface area contributed by atoms with Gasteiger partial charge >= 0.3 is 0 Å². The molecule has 1 aromatic heterocycles. The molecule has 0 saturated carbocycles. The molecule has 2 N–H and O–H groups in total. The third-order valence-corrected chi connectivity index (χ3v) is 0.437. The number of nitrogen functional groups attached to an aromatic ring is 1. The summed E-state index contributed by atoms with van der Waals surface area (Å²) in [5, 5.41) is 6.82. The second-order valence-corrected chi connectivity index (χ2v) is 0.909. The summed E-state index contributed by atoms with van der Waals surface area (Å²) in [6.07, 6.45) is 2.83. The fourth-order valence-corrected chi connectivity index (χ4v) is 0.209. The van der Waals surface area contributed by atoms with Crippen LogP contribution in [-0.4, -0.2) is 14.9 Å². The predicted molar refractivity (Wildman–Crippen MR) is 20.2 cm³/mol. The molecule has 1 aromatic rings. The Kier molecular flexibility index (Phi) is 0.506. The molecule has 0 aromatic carbocycles. The molecule has 0 amide bonds. The number of hydrogen-bond acceptors (Lipinski definition) is 3. The van der Waals surface area contributed by atoms with E-state index in [0.717, 1.165) is 0 Å². The Morgan fingerprint density at radius 3 is 2.00 bits per heavy atom. The van der Waals surface area contributed by atoms with Crippen LogP contribution in [0.3, 0.4) is 0 Å². The highest BCUT2D eigenvalue weighted by Crippen LogP contribution is 1.61. The van der Waals surface area contributed by atoms with E-state index in [1.54, 1.807) is 0 Å². The molecule has 0 atom stereocenters. The van der Waals surface area contributed by atoms with Gasteiger partial charge in [0.1, 0.15) is 12.7 Å². The van der Waals surface area contributed by atoms with Gasteiger partial charge in [0.25, 0.3) is 0 Å². The Balaban J connectivity index is 3.05. The van der Waals surface area contributed by atoms with Crippen molar-refractivity contribution in [2.75, 3.05) is 5.84 Å². The minimum atomic E-state index is 1.28. The van der Waals surface area contributed by atoms with Crippen LogP contribution in [0.15, 0.2) is 12.7 Å². The fourth-order valence-electron chi connectivity index (χ4n) is 0.209. The van der Waals surface area contributed by atoms with Crippen molar-refractivity contribution in [1.29, 1.82) is 0 Å². The summed E-state index contributed by atoms with van der Waals surface area (Å²) >= 11 is 0. The van der Waals surface area contributed by atoms with Gasteiger partial charge in [-0.05, 0) is 0 Å². The zero-order chi connectivity index (χ0) is 4.41. The number of nitrogens with zero attached hydrogens (tertiary/aromatic N) is 3. The largest absolute Gasteiger partial charge is 0.337 e. The molecule has 0 fully saturated rings. The lowest BCUT2D eigenvalue weighted by atomic mass is 11.5. The smallest absolute Gasteiger partial charge is 0.138 e. The molecule has 0 aliphatic rings. The van der Waals surface area contributed by atoms with Crippen molar-refractivity contribution in [3.8, 4) is 0 Å². The van der Waals surface area contributed by atoms with Crippen molar-refractivity contribution in [3.05, 3.63) is 12.7 Å². The minimum Gasteiger partial charge on any atom is -0.337 e. The molecule has 0 radical (unpaired) electrons. The molecular formula is C2H4N4. The second-order valence-electron chi connectivity index (χ2n) is 0.909. The molecule has 0 bridgehead atoms. The van der Waals surface area contributed by atoms with Gasteiger partial charge in [0.15, 0.2) is 0 Å². The van der Waals surface area contributed by atoms with Gasteiger partial charge in [0.2, 0.25) is 0 Å². The molecule has 0 aliphatic heterocycles. The van der Waals surface area contributed by atoms with Gasteiger partial charge in [-0.1, -0.05) is 0 Å². The molecule has 4 nitrogen and oxygen atoms in total. The Labute approximate surface area is 34.6 Å². The van der Waals surface area contributed by atoms with E-state index in [1.807, 2.05) is 0 Å². The molecule has 0 saturated heterocycles. The summed E-state index contributed by atoms with van der Waals surface area (Å²) in [6, 6.07) is 0. The van der Waals surface area contributed by atoms with Gasteiger partial charge in [0.05, 0.1) is 0 Å². The van der Waals surface area contributed by atoms with Crippen LogP contribution in [0.4, 0.5) is 0 Å². The van der Waals surface area contributed by atoms with Crippen molar-refractivity contribution in [2.24, 2.45) is 0 Å². The SMILES string of the molecule is [15NH2][15n]1c[15n][15n]c1. The molecular weight excluding hydrogens is 84.0 g/mol. The highest BCUT2D eigenvalue weighted by molar-refractivity contribution is 4.55. The Morgan fingerprint density at radius 2 is 1.83 bits per heavy atom. The van der Waals surface area contributed by atoms with Gasteiger partial charge in [0, 0.05) is 0 Å². The van der Waals surface area contributed by atoms with Crippen LogP contribution < -0.4 is 5.84 Å². The molecule has 0 spiro atoms. The van der Waals surface area contributed by atoms with Gasteiger partial charge in [-0.2, -0.15) is 0 Å². The van der Waals surface area contributed by atoms with E-state index in [2.05, 4.69) is 10.2 Å². The summed E-state index contributed by atoms with van der Waals surface area (Å²) in [6.45, 7) is 0. The lowest BCUT2D eigenvalue weighted by Crippen LogP contribution is -2.02. The zero-order valence-corrected chi connectivity index (χ0v) is 3.07. The first-order valence-electron chi connectivity index (χ1n) is 1.49. The van der Waals surface area contributed by atoms with Crippen LogP contribution in [0.25, 0.3) is 0 Å². The molecule has 0 unspecified atom stereocenters. The standard InChI is InChI=1S/C2H4N4/c3-6-1-4-5-2-6/h1-2H,3H2/i3+1,4+1,5+1,6+1. The molecule has 6 heavy (non-hydrogen) atoms. The summed E-state index contributed by atoms with van der Waals surface area (Å²) in [7, 11) is 0. The van der Waals surface area contributed by atoms with Crippen molar-refractivity contribution in [2.45, 2.75) is 0 Å². The van der Waals surface area contributed by atoms with E-state index >= 15 is 0 Å². The maximum Gasteiger partial charge on any atom is 0.138 e. The number of rotatable bonds is 0. The average molecular weight is 88.1 g/mol. The number of aromatic nitrogens is 3. The highest BCUT2D eigenvalue weighted by atomic mass is 16.3. The van der Waals surface area contributed by atoms with Crippen LogP contribution in [0.2, 0.25) is 0 Å². The Morgan fingerprint density at radius 1 is 1.33 bits per heavy atom. The quantitative estimate of drug-likeness (QED) is 0.326. The highest BCUT2D eigenvalue weighted by Gasteiger charge is 1.71. The Bertz CT molecular complexity index is 109. The van der Waals surface area contributed by atoms with Crippen LogP contribution in [-0.2, 0) is 0 Å². The van der Waals surface area contributed by atoms with Crippen molar-refractivity contribution >= 4 is 0 Å². The van der Waals surface area contributed by atoms with Gasteiger partial charge in [-0.3, -0.25) is 0 Å². The average Bonchev–Trinajstić information content (AvgIpc) is 1.86.